The van der Waals surface area contributed by atoms with Gasteiger partial charge in [-0.15, -0.1) is 0 Å². The summed E-state index contributed by atoms with van der Waals surface area (Å²) in [5.74, 6) is 0. The van der Waals surface area contributed by atoms with E-state index < -0.39 is 10.0 Å². The molecular formula is C13H22N2O2S. The Balaban J connectivity index is 3.10. The molecule has 5 heteroatoms. The van der Waals surface area contributed by atoms with Gasteiger partial charge in [0.1, 0.15) is 0 Å². The number of rotatable bonds is 6. The zero-order chi connectivity index (χ0) is 13.8. The van der Waals surface area contributed by atoms with Crippen LogP contribution in [-0.4, -0.2) is 14.5 Å². The van der Waals surface area contributed by atoms with Crippen molar-refractivity contribution < 1.29 is 8.42 Å². The lowest BCUT2D eigenvalue weighted by atomic mass is 10.1. The summed E-state index contributed by atoms with van der Waals surface area (Å²) in [5, 5.41) is 0. The molecule has 0 amide bonds. The molecule has 0 aliphatic heterocycles. The maximum atomic E-state index is 12.1. The van der Waals surface area contributed by atoms with Crippen LogP contribution in [0.25, 0.3) is 0 Å². The number of hydrogen-bond acceptors (Lipinski definition) is 3. The third kappa shape index (κ3) is 3.54. The van der Waals surface area contributed by atoms with E-state index >= 15 is 0 Å². The summed E-state index contributed by atoms with van der Waals surface area (Å²) in [6, 6.07) is 5.08. The van der Waals surface area contributed by atoms with E-state index in [4.69, 9.17) is 5.73 Å². The van der Waals surface area contributed by atoms with Gasteiger partial charge in [0.05, 0.1) is 4.90 Å². The van der Waals surface area contributed by atoms with E-state index in [2.05, 4.69) is 4.72 Å². The minimum Gasteiger partial charge on any atom is -0.326 e. The molecular weight excluding hydrogens is 248 g/mol. The fourth-order valence-electron chi connectivity index (χ4n) is 1.72. The Morgan fingerprint density at radius 1 is 1.28 bits per heavy atom. The molecule has 0 fully saturated rings. The number of sulfonamides is 1. The Hall–Kier alpha value is -0.910. The van der Waals surface area contributed by atoms with Crippen molar-refractivity contribution in [1.82, 2.24) is 4.72 Å². The van der Waals surface area contributed by atoms with Gasteiger partial charge in [-0.05, 0) is 43.0 Å². The highest BCUT2D eigenvalue weighted by Gasteiger charge is 2.17. The number of hydrogen-bond donors (Lipinski definition) is 2. The summed E-state index contributed by atoms with van der Waals surface area (Å²) in [4.78, 5) is 0.292. The summed E-state index contributed by atoms with van der Waals surface area (Å²) in [6.45, 7) is 6.18. The maximum Gasteiger partial charge on any atom is 0.240 e. The predicted molar refractivity (Wildman–Crippen MR) is 73.8 cm³/mol. The van der Waals surface area contributed by atoms with Crippen LogP contribution in [0.15, 0.2) is 23.1 Å². The monoisotopic (exact) mass is 270 g/mol. The van der Waals surface area contributed by atoms with Gasteiger partial charge in [0, 0.05) is 12.6 Å². The molecule has 0 heterocycles. The first kappa shape index (κ1) is 15.1. The van der Waals surface area contributed by atoms with Crippen LogP contribution in [0.1, 0.15) is 38.3 Å². The Bertz CT molecular complexity index is 498. The van der Waals surface area contributed by atoms with Crippen molar-refractivity contribution in [2.75, 3.05) is 0 Å². The average Bonchev–Trinajstić information content (AvgIpc) is 2.37. The number of aryl methyl sites for hydroxylation is 1. The van der Waals surface area contributed by atoms with Crippen LogP contribution in [0.5, 0.6) is 0 Å². The number of nitrogens with one attached hydrogen (secondary N) is 1. The molecule has 1 rings (SSSR count). The van der Waals surface area contributed by atoms with E-state index in [1.807, 2.05) is 26.8 Å². The van der Waals surface area contributed by atoms with Crippen molar-refractivity contribution >= 4 is 10.0 Å². The normalized spacial score (nSPS) is 13.6. The van der Waals surface area contributed by atoms with Crippen LogP contribution < -0.4 is 10.5 Å². The fourth-order valence-corrected chi connectivity index (χ4v) is 3.10. The quantitative estimate of drug-likeness (QED) is 0.827. The minimum absolute atomic E-state index is 0.0674. The average molecular weight is 270 g/mol. The Morgan fingerprint density at radius 2 is 1.94 bits per heavy atom. The molecule has 0 radical (unpaired) electrons. The van der Waals surface area contributed by atoms with Crippen LogP contribution in [0.3, 0.4) is 0 Å². The molecule has 0 spiro atoms. The molecule has 1 aromatic rings. The Labute approximate surface area is 110 Å². The predicted octanol–water partition coefficient (Wildman–Crippen LogP) is 1.78. The second-order valence-corrected chi connectivity index (χ2v) is 6.13. The van der Waals surface area contributed by atoms with E-state index in [1.54, 1.807) is 12.1 Å². The number of benzene rings is 1. The minimum atomic E-state index is -3.43. The van der Waals surface area contributed by atoms with E-state index in [0.29, 0.717) is 11.4 Å². The lowest BCUT2D eigenvalue weighted by Crippen LogP contribution is -2.32. The van der Waals surface area contributed by atoms with Crippen molar-refractivity contribution in [2.24, 2.45) is 5.73 Å². The molecule has 1 unspecified atom stereocenters. The SMILES string of the molecule is CCc1ccc(S(=O)(=O)NC(C)CC)cc1CN. The summed E-state index contributed by atoms with van der Waals surface area (Å²) in [7, 11) is -3.43. The lowest BCUT2D eigenvalue weighted by molar-refractivity contribution is 0.555. The van der Waals surface area contributed by atoms with Gasteiger partial charge in [-0.3, -0.25) is 0 Å². The Morgan fingerprint density at radius 3 is 2.44 bits per heavy atom. The smallest absolute Gasteiger partial charge is 0.240 e. The molecule has 0 aromatic heterocycles. The van der Waals surface area contributed by atoms with Crippen LogP contribution in [0.4, 0.5) is 0 Å². The maximum absolute atomic E-state index is 12.1. The van der Waals surface area contributed by atoms with Crippen molar-refractivity contribution in [3.63, 3.8) is 0 Å². The third-order valence-electron chi connectivity index (χ3n) is 3.06. The summed E-state index contributed by atoms with van der Waals surface area (Å²) >= 11 is 0. The highest BCUT2D eigenvalue weighted by molar-refractivity contribution is 7.89. The van der Waals surface area contributed by atoms with Crippen molar-refractivity contribution in [3.05, 3.63) is 29.3 Å². The van der Waals surface area contributed by atoms with Crippen molar-refractivity contribution in [2.45, 2.75) is 51.1 Å². The molecule has 1 aromatic carbocycles. The van der Waals surface area contributed by atoms with Gasteiger partial charge in [0.15, 0.2) is 0 Å². The highest BCUT2D eigenvalue weighted by atomic mass is 32.2. The molecule has 0 aliphatic carbocycles. The second-order valence-electron chi connectivity index (χ2n) is 4.42. The fraction of sp³-hybridized carbons (Fsp3) is 0.538. The summed E-state index contributed by atoms with van der Waals surface area (Å²) in [6.07, 6.45) is 1.61. The molecule has 0 saturated heterocycles. The largest absolute Gasteiger partial charge is 0.326 e. The molecule has 4 nitrogen and oxygen atoms in total. The Kier molecular flexibility index (Phi) is 5.31. The first-order valence-electron chi connectivity index (χ1n) is 6.28. The molecule has 1 atom stereocenters. The summed E-state index contributed by atoms with van der Waals surface area (Å²) in [5.41, 5.74) is 7.64. The summed E-state index contributed by atoms with van der Waals surface area (Å²) < 4.78 is 26.9. The number of nitrogens with two attached hydrogens (primary N) is 1. The first-order valence-corrected chi connectivity index (χ1v) is 7.77. The molecule has 0 aliphatic rings. The zero-order valence-corrected chi connectivity index (χ0v) is 12.0. The zero-order valence-electron chi connectivity index (χ0n) is 11.2. The molecule has 18 heavy (non-hydrogen) atoms. The second kappa shape index (κ2) is 6.31. The molecule has 0 bridgehead atoms. The van der Waals surface area contributed by atoms with Gasteiger partial charge in [-0.1, -0.05) is 19.9 Å². The van der Waals surface area contributed by atoms with Crippen molar-refractivity contribution in [1.29, 1.82) is 0 Å². The van der Waals surface area contributed by atoms with Gasteiger partial charge in [-0.25, -0.2) is 13.1 Å². The highest BCUT2D eigenvalue weighted by Crippen LogP contribution is 2.17. The molecule has 3 N–H and O–H groups in total. The third-order valence-corrected chi connectivity index (χ3v) is 4.64. The van der Waals surface area contributed by atoms with Crippen LogP contribution in [0, 0.1) is 0 Å². The topological polar surface area (TPSA) is 72.2 Å². The molecule has 102 valence electrons. The van der Waals surface area contributed by atoms with E-state index in [0.717, 1.165) is 24.0 Å². The lowest BCUT2D eigenvalue weighted by Gasteiger charge is -2.14. The van der Waals surface area contributed by atoms with Gasteiger partial charge < -0.3 is 5.73 Å². The first-order chi connectivity index (χ1) is 8.44. The van der Waals surface area contributed by atoms with Gasteiger partial charge in [0.2, 0.25) is 10.0 Å². The van der Waals surface area contributed by atoms with E-state index in [-0.39, 0.29) is 6.04 Å². The van der Waals surface area contributed by atoms with E-state index in [9.17, 15) is 8.42 Å². The van der Waals surface area contributed by atoms with Crippen molar-refractivity contribution in [3.8, 4) is 0 Å². The van der Waals surface area contributed by atoms with E-state index in [1.165, 1.54) is 0 Å². The van der Waals surface area contributed by atoms with Gasteiger partial charge in [0.25, 0.3) is 0 Å². The van der Waals surface area contributed by atoms with Crippen LogP contribution in [0.2, 0.25) is 0 Å². The standard InChI is InChI=1S/C13H22N2O2S/c1-4-10(3)15-18(16,17)13-7-6-11(5-2)12(8-13)9-14/h6-8,10,15H,4-5,9,14H2,1-3H3. The molecule has 0 saturated carbocycles. The van der Waals surface area contributed by atoms with Gasteiger partial charge in [-0.2, -0.15) is 0 Å². The van der Waals surface area contributed by atoms with Crippen LogP contribution in [-0.2, 0) is 23.0 Å². The van der Waals surface area contributed by atoms with Gasteiger partial charge >= 0.3 is 0 Å². The van der Waals surface area contributed by atoms with Crippen LogP contribution >= 0.6 is 0 Å².